The molecule has 0 fully saturated rings. The van der Waals surface area contributed by atoms with Crippen LogP contribution in [0.5, 0.6) is 0 Å². The summed E-state index contributed by atoms with van der Waals surface area (Å²) in [4.78, 5) is 0.0955. The Morgan fingerprint density at radius 3 is 2.39 bits per heavy atom. The van der Waals surface area contributed by atoms with E-state index in [0.717, 1.165) is 12.7 Å². The van der Waals surface area contributed by atoms with Crippen LogP contribution in [0.2, 0.25) is 0 Å². The van der Waals surface area contributed by atoms with Crippen LogP contribution in [0.25, 0.3) is 0 Å². The van der Waals surface area contributed by atoms with Crippen molar-refractivity contribution in [3.05, 3.63) is 24.3 Å². The van der Waals surface area contributed by atoms with E-state index in [9.17, 15) is 16.8 Å². The molecule has 0 heterocycles. The zero-order valence-electron chi connectivity index (χ0n) is 10.4. The van der Waals surface area contributed by atoms with Crippen molar-refractivity contribution in [1.29, 1.82) is 0 Å². The summed E-state index contributed by atoms with van der Waals surface area (Å²) in [6.45, 7) is 1.90. The molecule has 0 unspecified atom stereocenters. The van der Waals surface area contributed by atoms with Crippen molar-refractivity contribution in [2.75, 3.05) is 16.7 Å². The maximum Gasteiger partial charge on any atom is 0.232 e. The molecule has 18 heavy (non-hydrogen) atoms. The first-order chi connectivity index (χ1) is 8.24. The van der Waals surface area contributed by atoms with Crippen LogP contribution in [0.15, 0.2) is 29.2 Å². The molecule has 1 N–H and O–H groups in total. The number of rotatable bonds is 6. The van der Waals surface area contributed by atoms with E-state index in [2.05, 4.69) is 4.72 Å². The predicted molar refractivity (Wildman–Crippen MR) is 71.9 cm³/mol. The second-order valence-corrected chi connectivity index (χ2v) is 7.93. The number of sulfonamides is 1. The van der Waals surface area contributed by atoms with Gasteiger partial charge in [-0.2, -0.15) is 0 Å². The quantitative estimate of drug-likeness (QED) is 0.864. The SMILES string of the molecule is CCCCS(=O)(=O)Nc1cccc(S(C)(=O)=O)c1. The fourth-order valence-corrected chi connectivity index (χ4v) is 3.28. The zero-order chi connectivity index (χ0) is 13.8. The van der Waals surface area contributed by atoms with E-state index >= 15 is 0 Å². The summed E-state index contributed by atoms with van der Waals surface area (Å²) in [5.74, 6) is 0.0343. The molecule has 1 aromatic rings. The highest BCUT2D eigenvalue weighted by molar-refractivity contribution is 7.92. The molecule has 0 aliphatic rings. The van der Waals surface area contributed by atoms with Crippen LogP contribution in [0.3, 0.4) is 0 Å². The standard InChI is InChI=1S/C11H17NO4S2/c1-3-4-8-18(15,16)12-10-6-5-7-11(9-10)17(2,13)14/h5-7,9,12H,3-4,8H2,1-2H3. The third-order valence-corrected chi connectivity index (χ3v) is 4.79. The van der Waals surface area contributed by atoms with Gasteiger partial charge in [-0.3, -0.25) is 4.72 Å². The van der Waals surface area contributed by atoms with E-state index in [1.54, 1.807) is 0 Å². The molecule has 1 rings (SSSR count). The zero-order valence-corrected chi connectivity index (χ0v) is 12.0. The number of hydrogen-bond acceptors (Lipinski definition) is 4. The lowest BCUT2D eigenvalue weighted by Gasteiger charge is -2.08. The molecule has 5 nitrogen and oxygen atoms in total. The van der Waals surface area contributed by atoms with E-state index in [-0.39, 0.29) is 16.3 Å². The van der Waals surface area contributed by atoms with Crippen molar-refractivity contribution in [2.45, 2.75) is 24.7 Å². The number of benzene rings is 1. The van der Waals surface area contributed by atoms with E-state index in [0.29, 0.717) is 6.42 Å². The number of nitrogens with one attached hydrogen (secondary N) is 1. The normalized spacial score (nSPS) is 12.3. The van der Waals surface area contributed by atoms with Crippen LogP contribution < -0.4 is 4.72 Å². The second kappa shape index (κ2) is 5.71. The Balaban J connectivity index is 2.93. The summed E-state index contributed by atoms with van der Waals surface area (Å²) in [5.41, 5.74) is 0.272. The molecule has 0 bridgehead atoms. The number of sulfone groups is 1. The molecule has 0 aliphatic heterocycles. The van der Waals surface area contributed by atoms with Crippen molar-refractivity contribution in [3.8, 4) is 0 Å². The average Bonchev–Trinajstić information content (AvgIpc) is 2.25. The Bertz CT molecular complexity index is 606. The highest BCUT2D eigenvalue weighted by Crippen LogP contribution is 2.16. The van der Waals surface area contributed by atoms with E-state index in [4.69, 9.17) is 0 Å². The highest BCUT2D eigenvalue weighted by atomic mass is 32.2. The minimum Gasteiger partial charge on any atom is -0.284 e. The summed E-state index contributed by atoms with van der Waals surface area (Å²) >= 11 is 0. The lowest BCUT2D eigenvalue weighted by atomic mass is 10.3. The van der Waals surface area contributed by atoms with Gasteiger partial charge in [0.25, 0.3) is 0 Å². The number of hydrogen-bond donors (Lipinski definition) is 1. The predicted octanol–water partition coefficient (Wildman–Crippen LogP) is 1.63. The topological polar surface area (TPSA) is 80.3 Å². The first-order valence-electron chi connectivity index (χ1n) is 5.55. The van der Waals surface area contributed by atoms with Gasteiger partial charge in [-0.05, 0) is 24.6 Å². The van der Waals surface area contributed by atoms with Gasteiger partial charge in [-0.25, -0.2) is 16.8 Å². The maximum absolute atomic E-state index is 11.7. The minimum atomic E-state index is -3.40. The van der Waals surface area contributed by atoms with Crippen molar-refractivity contribution in [1.82, 2.24) is 0 Å². The molecular weight excluding hydrogens is 274 g/mol. The number of anilines is 1. The average molecular weight is 291 g/mol. The molecule has 7 heteroatoms. The Morgan fingerprint density at radius 1 is 1.17 bits per heavy atom. The molecule has 0 aromatic heterocycles. The second-order valence-electron chi connectivity index (χ2n) is 4.07. The van der Waals surface area contributed by atoms with Gasteiger partial charge in [0.1, 0.15) is 0 Å². The Hall–Kier alpha value is -1.08. The molecule has 0 saturated heterocycles. The number of unbranched alkanes of at least 4 members (excludes halogenated alkanes) is 1. The largest absolute Gasteiger partial charge is 0.284 e. The van der Waals surface area contributed by atoms with Crippen LogP contribution in [-0.4, -0.2) is 28.8 Å². The van der Waals surface area contributed by atoms with Crippen LogP contribution in [0.4, 0.5) is 5.69 Å². The van der Waals surface area contributed by atoms with Crippen molar-refractivity contribution >= 4 is 25.5 Å². The monoisotopic (exact) mass is 291 g/mol. The minimum absolute atomic E-state index is 0.0343. The molecule has 0 aliphatic carbocycles. The third kappa shape index (κ3) is 4.66. The Labute approximate surface area is 108 Å². The summed E-state index contributed by atoms with van der Waals surface area (Å²) < 4.78 is 48.4. The summed E-state index contributed by atoms with van der Waals surface area (Å²) in [6, 6.07) is 5.78. The molecule has 102 valence electrons. The van der Waals surface area contributed by atoms with E-state index in [1.807, 2.05) is 6.92 Å². The highest BCUT2D eigenvalue weighted by Gasteiger charge is 2.12. The van der Waals surface area contributed by atoms with Crippen LogP contribution in [0.1, 0.15) is 19.8 Å². The summed E-state index contributed by atoms with van der Waals surface area (Å²) in [5, 5.41) is 0. The van der Waals surface area contributed by atoms with Crippen molar-refractivity contribution < 1.29 is 16.8 Å². The Morgan fingerprint density at radius 2 is 1.83 bits per heavy atom. The molecule has 0 atom stereocenters. The molecule has 0 radical (unpaired) electrons. The lowest BCUT2D eigenvalue weighted by molar-refractivity contribution is 0.596. The van der Waals surface area contributed by atoms with Gasteiger partial charge in [0, 0.05) is 11.9 Å². The van der Waals surface area contributed by atoms with E-state index < -0.39 is 19.9 Å². The smallest absolute Gasteiger partial charge is 0.232 e. The van der Waals surface area contributed by atoms with Gasteiger partial charge in [0.15, 0.2) is 9.84 Å². The first kappa shape index (κ1) is 15.0. The summed E-state index contributed by atoms with van der Waals surface area (Å²) in [7, 11) is -6.74. The molecule has 1 aromatic carbocycles. The molecular formula is C11H17NO4S2. The van der Waals surface area contributed by atoms with Crippen LogP contribution in [0, 0.1) is 0 Å². The van der Waals surface area contributed by atoms with Gasteiger partial charge >= 0.3 is 0 Å². The fraction of sp³-hybridized carbons (Fsp3) is 0.455. The van der Waals surface area contributed by atoms with Gasteiger partial charge in [0.05, 0.1) is 10.6 Å². The first-order valence-corrected chi connectivity index (χ1v) is 9.09. The van der Waals surface area contributed by atoms with Crippen molar-refractivity contribution in [2.24, 2.45) is 0 Å². The van der Waals surface area contributed by atoms with Crippen molar-refractivity contribution in [3.63, 3.8) is 0 Å². The van der Waals surface area contributed by atoms with Crippen LogP contribution >= 0.6 is 0 Å². The molecule has 0 saturated carbocycles. The fourth-order valence-electron chi connectivity index (χ4n) is 1.36. The van der Waals surface area contributed by atoms with Gasteiger partial charge in [-0.15, -0.1) is 0 Å². The summed E-state index contributed by atoms with van der Waals surface area (Å²) in [6.07, 6.45) is 2.43. The lowest BCUT2D eigenvalue weighted by Crippen LogP contribution is -2.16. The molecule has 0 amide bonds. The van der Waals surface area contributed by atoms with Gasteiger partial charge in [-0.1, -0.05) is 19.4 Å². The maximum atomic E-state index is 11.7. The Kier molecular flexibility index (Phi) is 4.75. The van der Waals surface area contributed by atoms with Crippen LogP contribution in [-0.2, 0) is 19.9 Å². The van der Waals surface area contributed by atoms with E-state index in [1.165, 1.54) is 24.3 Å². The van der Waals surface area contributed by atoms with Gasteiger partial charge in [0.2, 0.25) is 10.0 Å². The third-order valence-electron chi connectivity index (χ3n) is 2.30. The molecule has 0 spiro atoms. The van der Waals surface area contributed by atoms with Gasteiger partial charge < -0.3 is 0 Å².